The van der Waals surface area contributed by atoms with Crippen molar-refractivity contribution in [2.24, 2.45) is 0 Å². The van der Waals surface area contributed by atoms with Crippen LogP contribution < -0.4 is 29.6 Å². The van der Waals surface area contributed by atoms with E-state index in [4.69, 9.17) is 0 Å². The number of hydrogen-bond donors (Lipinski definition) is 0. The third-order valence-electron chi connectivity index (χ3n) is 1.40. The van der Waals surface area contributed by atoms with Crippen molar-refractivity contribution >= 4 is 15.9 Å². The Hall–Kier alpha value is -0.200. The molecule has 0 atom stereocenters. The molecule has 0 aliphatic rings. The van der Waals surface area contributed by atoms with Crippen LogP contribution in [0.3, 0.4) is 0 Å². The predicted molar refractivity (Wildman–Crippen MR) is 45.3 cm³/mol. The van der Waals surface area contributed by atoms with Crippen LogP contribution in [0, 0.1) is 0 Å². The van der Waals surface area contributed by atoms with Crippen molar-refractivity contribution in [1.29, 1.82) is 0 Å². The van der Waals surface area contributed by atoms with Crippen LogP contribution in [0.15, 0.2) is 30.3 Å². The molecule has 0 amide bonds. The second-order valence-electron chi connectivity index (χ2n) is 2.49. The van der Waals surface area contributed by atoms with E-state index in [1.807, 2.05) is 0 Å². The summed E-state index contributed by atoms with van der Waals surface area (Å²) in [6.45, 7) is 0. The third-order valence-corrected chi connectivity index (χ3v) is 2.02. The summed E-state index contributed by atoms with van der Waals surface area (Å²) in [5.74, 6) is -1.65. The number of carbonyl (C=O) groups excluding carboxylic acids is 1. The second-order valence-corrected chi connectivity index (χ2v) is 3.90. The SMILES string of the molecule is O=C(CS(=O)(=O)[O-])c1ccccc1.[Na+]. The Morgan fingerprint density at radius 3 is 2.14 bits per heavy atom. The topological polar surface area (TPSA) is 74.3 Å². The zero-order chi connectivity index (χ0) is 9.90. The first-order chi connectivity index (χ1) is 5.99. The summed E-state index contributed by atoms with van der Waals surface area (Å²) in [5, 5.41) is 0. The normalized spacial score (nSPS) is 10.4. The minimum Gasteiger partial charge on any atom is -0.748 e. The molecule has 0 unspecified atom stereocenters. The van der Waals surface area contributed by atoms with Crippen LogP contribution in [0.2, 0.25) is 0 Å². The minimum absolute atomic E-state index is 0. The number of ketones is 1. The van der Waals surface area contributed by atoms with E-state index < -0.39 is 21.7 Å². The van der Waals surface area contributed by atoms with Crippen molar-refractivity contribution in [3.63, 3.8) is 0 Å². The summed E-state index contributed by atoms with van der Waals surface area (Å²) >= 11 is 0. The standard InChI is InChI=1S/C8H8O4S.Na/c9-8(6-13(10,11)12)7-4-2-1-3-5-7;/h1-5H,6H2,(H,10,11,12);/q;+1/p-1. The summed E-state index contributed by atoms with van der Waals surface area (Å²) in [5.41, 5.74) is 0.238. The van der Waals surface area contributed by atoms with Gasteiger partial charge in [0.25, 0.3) is 0 Å². The molecule has 0 aliphatic carbocycles. The van der Waals surface area contributed by atoms with Crippen LogP contribution >= 0.6 is 0 Å². The Labute approximate surface area is 104 Å². The summed E-state index contributed by atoms with van der Waals surface area (Å²) in [6.07, 6.45) is 0. The van der Waals surface area contributed by atoms with E-state index in [1.54, 1.807) is 18.2 Å². The Bertz CT molecular complexity index is 399. The number of carbonyl (C=O) groups is 1. The van der Waals surface area contributed by atoms with Gasteiger partial charge in [-0.3, -0.25) is 4.79 Å². The summed E-state index contributed by atoms with van der Waals surface area (Å²) in [6, 6.07) is 7.83. The molecule has 4 nitrogen and oxygen atoms in total. The first-order valence-electron chi connectivity index (χ1n) is 3.51. The van der Waals surface area contributed by atoms with Gasteiger partial charge in [-0.25, -0.2) is 8.42 Å². The molecule has 0 heterocycles. The van der Waals surface area contributed by atoms with Gasteiger partial charge in [0.2, 0.25) is 0 Å². The first kappa shape index (κ1) is 13.8. The maximum Gasteiger partial charge on any atom is 1.00 e. The van der Waals surface area contributed by atoms with Crippen molar-refractivity contribution in [1.82, 2.24) is 0 Å². The second kappa shape index (κ2) is 5.63. The molecular formula is C8H7NaO4S. The average molecular weight is 222 g/mol. The Morgan fingerprint density at radius 1 is 1.21 bits per heavy atom. The molecule has 70 valence electrons. The van der Waals surface area contributed by atoms with Gasteiger partial charge in [0.15, 0.2) is 5.78 Å². The minimum atomic E-state index is -4.47. The van der Waals surface area contributed by atoms with Crippen molar-refractivity contribution in [3.05, 3.63) is 35.9 Å². The van der Waals surface area contributed by atoms with E-state index in [0.717, 1.165) is 0 Å². The van der Waals surface area contributed by atoms with Gasteiger partial charge in [0, 0.05) is 5.56 Å². The first-order valence-corrected chi connectivity index (χ1v) is 5.08. The number of rotatable bonds is 3. The number of benzene rings is 1. The van der Waals surface area contributed by atoms with Crippen molar-refractivity contribution in [2.75, 3.05) is 5.75 Å². The fraction of sp³-hybridized carbons (Fsp3) is 0.125. The molecule has 0 aromatic heterocycles. The zero-order valence-corrected chi connectivity index (χ0v) is 10.5. The Morgan fingerprint density at radius 2 is 1.71 bits per heavy atom. The summed E-state index contributed by atoms with van der Waals surface area (Å²) in [7, 11) is -4.47. The molecule has 0 spiro atoms. The Kier molecular flexibility index (Phi) is 5.54. The molecule has 1 aromatic rings. The van der Waals surface area contributed by atoms with Crippen LogP contribution in [0.1, 0.15) is 10.4 Å². The molecule has 0 bridgehead atoms. The third kappa shape index (κ3) is 4.88. The van der Waals surface area contributed by atoms with Gasteiger partial charge in [-0.1, -0.05) is 30.3 Å². The van der Waals surface area contributed by atoms with Gasteiger partial charge in [-0.2, -0.15) is 0 Å². The van der Waals surface area contributed by atoms with E-state index in [1.165, 1.54) is 12.1 Å². The molecule has 0 radical (unpaired) electrons. The van der Waals surface area contributed by atoms with Gasteiger partial charge >= 0.3 is 29.6 Å². The van der Waals surface area contributed by atoms with E-state index in [9.17, 15) is 17.8 Å². The van der Waals surface area contributed by atoms with Gasteiger partial charge in [-0.15, -0.1) is 0 Å². The Balaban J connectivity index is 0.00000169. The van der Waals surface area contributed by atoms with Gasteiger partial charge in [-0.05, 0) is 0 Å². The molecule has 6 heteroatoms. The van der Waals surface area contributed by atoms with Crippen molar-refractivity contribution < 1.29 is 47.3 Å². The van der Waals surface area contributed by atoms with E-state index in [-0.39, 0.29) is 35.1 Å². The van der Waals surface area contributed by atoms with E-state index in [0.29, 0.717) is 0 Å². The molecule has 1 rings (SSSR count). The maximum atomic E-state index is 11.1. The molecule has 1 aromatic carbocycles. The van der Waals surface area contributed by atoms with Crippen molar-refractivity contribution in [2.45, 2.75) is 0 Å². The van der Waals surface area contributed by atoms with Gasteiger partial charge in [0.1, 0.15) is 15.9 Å². The molecule has 0 N–H and O–H groups in total. The molecular weight excluding hydrogens is 215 g/mol. The number of hydrogen-bond acceptors (Lipinski definition) is 4. The van der Waals surface area contributed by atoms with Crippen LogP contribution in [0.25, 0.3) is 0 Å². The molecule has 0 saturated heterocycles. The quantitative estimate of drug-likeness (QED) is 0.320. The van der Waals surface area contributed by atoms with Crippen LogP contribution in [0.5, 0.6) is 0 Å². The predicted octanol–water partition coefficient (Wildman–Crippen LogP) is -2.58. The zero-order valence-electron chi connectivity index (χ0n) is 7.64. The van der Waals surface area contributed by atoms with E-state index >= 15 is 0 Å². The molecule has 0 saturated carbocycles. The van der Waals surface area contributed by atoms with Crippen LogP contribution in [-0.4, -0.2) is 24.5 Å². The van der Waals surface area contributed by atoms with Gasteiger partial charge < -0.3 is 4.55 Å². The van der Waals surface area contributed by atoms with Crippen LogP contribution in [-0.2, 0) is 10.1 Å². The monoisotopic (exact) mass is 222 g/mol. The van der Waals surface area contributed by atoms with Crippen molar-refractivity contribution in [3.8, 4) is 0 Å². The maximum absolute atomic E-state index is 11.1. The fourth-order valence-corrected chi connectivity index (χ4v) is 1.36. The fourth-order valence-electron chi connectivity index (χ4n) is 0.868. The molecule has 14 heavy (non-hydrogen) atoms. The number of Topliss-reactive ketones (excluding diaryl/α,β-unsaturated/α-hetero) is 1. The summed E-state index contributed by atoms with van der Waals surface area (Å²) in [4.78, 5) is 11.1. The van der Waals surface area contributed by atoms with Gasteiger partial charge in [0.05, 0.1) is 0 Å². The molecule has 0 fully saturated rings. The largest absolute Gasteiger partial charge is 1.00 e. The summed E-state index contributed by atoms with van der Waals surface area (Å²) < 4.78 is 30.7. The molecule has 0 aliphatic heterocycles. The van der Waals surface area contributed by atoms with Crippen LogP contribution in [0.4, 0.5) is 0 Å². The smallest absolute Gasteiger partial charge is 0.748 e. The average Bonchev–Trinajstić information content (AvgIpc) is 2.03. The van der Waals surface area contributed by atoms with E-state index in [2.05, 4.69) is 0 Å².